The van der Waals surface area contributed by atoms with Crippen LogP contribution in [0.5, 0.6) is 0 Å². The van der Waals surface area contributed by atoms with Crippen LogP contribution in [0, 0.1) is 18.8 Å². The second-order valence-corrected chi connectivity index (χ2v) is 6.84. The number of aryl methyl sites for hydroxylation is 1. The van der Waals surface area contributed by atoms with Gasteiger partial charge in [-0.15, -0.1) is 0 Å². The molecule has 2 nitrogen and oxygen atoms in total. The fourth-order valence-corrected chi connectivity index (χ4v) is 3.94. The summed E-state index contributed by atoms with van der Waals surface area (Å²) in [6.45, 7) is 5.65. The second kappa shape index (κ2) is 7.84. The molecule has 3 atom stereocenters. The van der Waals surface area contributed by atoms with Crippen LogP contribution in [0.25, 0.3) is 0 Å². The average molecular weight is 288 g/mol. The van der Waals surface area contributed by atoms with Gasteiger partial charge in [0.15, 0.2) is 0 Å². The Hall–Kier alpha value is -1.02. The number of hydrogen-bond acceptors (Lipinski definition) is 2. The van der Waals surface area contributed by atoms with Gasteiger partial charge >= 0.3 is 0 Å². The molecule has 118 valence electrons. The maximum Gasteiger partial charge on any atom is 0.0366 e. The number of nitrogens with zero attached hydrogens (tertiary/aromatic N) is 1. The van der Waals surface area contributed by atoms with Crippen LogP contribution < -0.4 is 10.2 Å². The summed E-state index contributed by atoms with van der Waals surface area (Å²) in [5.41, 5.74) is 2.69. The molecule has 3 unspecified atom stereocenters. The van der Waals surface area contributed by atoms with Gasteiger partial charge in [-0.3, -0.25) is 0 Å². The highest BCUT2D eigenvalue weighted by Gasteiger charge is 2.29. The Morgan fingerprint density at radius 1 is 1.29 bits per heavy atom. The highest BCUT2D eigenvalue weighted by atomic mass is 15.1. The van der Waals surface area contributed by atoms with Gasteiger partial charge in [0.2, 0.25) is 0 Å². The first-order valence-electron chi connectivity index (χ1n) is 8.59. The molecular weight excluding hydrogens is 256 g/mol. The number of hydrogen-bond donors (Lipinski definition) is 1. The van der Waals surface area contributed by atoms with Crippen LogP contribution in [-0.4, -0.2) is 26.7 Å². The van der Waals surface area contributed by atoms with E-state index in [-0.39, 0.29) is 0 Å². The third kappa shape index (κ3) is 4.47. The fourth-order valence-electron chi connectivity index (χ4n) is 3.94. The standard InChI is InChI=1S/C19H32N2/c1-5-7-16-10-11-19(20-3)17(13-16)14-21(4)18-9-6-8-15(2)12-18/h6,8-9,12,16-17,19-20H,5,7,10-11,13-14H2,1-4H3. The van der Waals surface area contributed by atoms with Crippen LogP contribution in [-0.2, 0) is 0 Å². The number of benzene rings is 1. The van der Waals surface area contributed by atoms with E-state index >= 15 is 0 Å². The van der Waals surface area contributed by atoms with Crippen LogP contribution in [0.4, 0.5) is 5.69 Å². The minimum atomic E-state index is 0.686. The number of rotatable bonds is 6. The summed E-state index contributed by atoms with van der Waals surface area (Å²) in [5, 5.41) is 3.56. The van der Waals surface area contributed by atoms with Crippen molar-refractivity contribution in [1.82, 2.24) is 5.32 Å². The molecule has 1 aromatic carbocycles. The zero-order chi connectivity index (χ0) is 15.2. The largest absolute Gasteiger partial charge is 0.374 e. The molecule has 0 heterocycles. The van der Waals surface area contributed by atoms with Gasteiger partial charge in [-0.1, -0.05) is 31.9 Å². The second-order valence-electron chi connectivity index (χ2n) is 6.84. The van der Waals surface area contributed by atoms with Crippen molar-refractivity contribution in [2.75, 3.05) is 25.5 Å². The summed E-state index contributed by atoms with van der Waals surface area (Å²) >= 11 is 0. The lowest BCUT2D eigenvalue weighted by Gasteiger charge is -2.38. The molecule has 1 N–H and O–H groups in total. The van der Waals surface area contributed by atoms with Crippen molar-refractivity contribution in [2.45, 2.75) is 52.0 Å². The predicted octanol–water partition coefficient (Wildman–Crippen LogP) is 4.24. The van der Waals surface area contributed by atoms with E-state index in [1.807, 2.05) is 0 Å². The van der Waals surface area contributed by atoms with Gasteiger partial charge in [-0.05, 0) is 62.8 Å². The molecule has 1 aliphatic rings. The molecule has 0 bridgehead atoms. The number of nitrogens with one attached hydrogen (secondary N) is 1. The molecule has 0 saturated heterocycles. The molecule has 1 aromatic rings. The molecule has 0 amide bonds. The molecule has 2 heteroatoms. The quantitative estimate of drug-likeness (QED) is 0.842. The maximum absolute atomic E-state index is 3.56. The SMILES string of the molecule is CCCC1CCC(NC)C(CN(C)c2cccc(C)c2)C1. The highest BCUT2D eigenvalue weighted by Crippen LogP contribution is 2.33. The monoisotopic (exact) mass is 288 g/mol. The predicted molar refractivity (Wildman–Crippen MR) is 93.0 cm³/mol. The van der Waals surface area contributed by atoms with E-state index in [9.17, 15) is 0 Å². The van der Waals surface area contributed by atoms with Gasteiger partial charge in [0.25, 0.3) is 0 Å². The lowest BCUT2D eigenvalue weighted by Crippen LogP contribution is -2.44. The van der Waals surface area contributed by atoms with E-state index in [0.717, 1.165) is 18.4 Å². The summed E-state index contributed by atoms with van der Waals surface area (Å²) in [6, 6.07) is 9.54. The topological polar surface area (TPSA) is 15.3 Å². The van der Waals surface area contributed by atoms with E-state index in [1.165, 1.54) is 43.4 Å². The van der Waals surface area contributed by atoms with Crippen LogP contribution in [0.3, 0.4) is 0 Å². The zero-order valence-corrected chi connectivity index (χ0v) is 14.2. The molecule has 0 aromatic heterocycles. The minimum absolute atomic E-state index is 0.686. The van der Waals surface area contributed by atoms with Crippen molar-refractivity contribution in [3.8, 4) is 0 Å². The van der Waals surface area contributed by atoms with E-state index in [4.69, 9.17) is 0 Å². The first-order chi connectivity index (χ1) is 10.1. The van der Waals surface area contributed by atoms with E-state index < -0.39 is 0 Å². The molecule has 1 aliphatic carbocycles. The third-order valence-electron chi connectivity index (χ3n) is 5.11. The van der Waals surface area contributed by atoms with Gasteiger partial charge in [-0.25, -0.2) is 0 Å². The Morgan fingerprint density at radius 3 is 2.76 bits per heavy atom. The van der Waals surface area contributed by atoms with Crippen LogP contribution in [0.2, 0.25) is 0 Å². The molecule has 0 aliphatic heterocycles. The van der Waals surface area contributed by atoms with Crippen LogP contribution in [0.1, 0.15) is 44.6 Å². The van der Waals surface area contributed by atoms with Gasteiger partial charge in [0.1, 0.15) is 0 Å². The molecule has 2 rings (SSSR count). The molecule has 0 spiro atoms. The molecule has 0 radical (unpaired) electrons. The molecule has 1 saturated carbocycles. The Balaban J connectivity index is 2.00. The Bertz CT molecular complexity index is 429. The lowest BCUT2D eigenvalue weighted by atomic mass is 9.76. The maximum atomic E-state index is 3.56. The van der Waals surface area contributed by atoms with Crippen molar-refractivity contribution in [2.24, 2.45) is 11.8 Å². The molecule has 21 heavy (non-hydrogen) atoms. The van der Waals surface area contributed by atoms with Crippen molar-refractivity contribution in [1.29, 1.82) is 0 Å². The summed E-state index contributed by atoms with van der Waals surface area (Å²) in [6.07, 6.45) is 6.86. The van der Waals surface area contributed by atoms with Crippen molar-refractivity contribution in [3.05, 3.63) is 29.8 Å². The fraction of sp³-hybridized carbons (Fsp3) is 0.684. The molecular formula is C19H32N2. The summed E-state index contributed by atoms with van der Waals surface area (Å²) in [4.78, 5) is 2.44. The Kier molecular flexibility index (Phi) is 6.10. The van der Waals surface area contributed by atoms with Gasteiger partial charge in [0.05, 0.1) is 0 Å². The smallest absolute Gasteiger partial charge is 0.0366 e. The normalized spacial score (nSPS) is 25.8. The summed E-state index contributed by atoms with van der Waals surface area (Å²) in [5.74, 6) is 1.71. The highest BCUT2D eigenvalue weighted by molar-refractivity contribution is 5.47. The minimum Gasteiger partial charge on any atom is -0.374 e. The van der Waals surface area contributed by atoms with Crippen LogP contribution in [0.15, 0.2) is 24.3 Å². The number of anilines is 1. The summed E-state index contributed by atoms with van der Waals surface area (Å²) < 4.78 is 0. The Morgan fingerprint density at radius 2 is 2.10 bits per heavy atom. The van der Waals surface area contributed by atoms with Crippen molar-refractivity contribution < 1.29 is 0 Å². The van der Waals surface area contributed by atoms with E-state index in [1.54, 1.807) is 0 Å². The third-order valence-corrected chi connectivity index (χ3v) is 5.11. The van der Waals surface area contributed by atoms with E-state index in [0.29, 0.717) is 6.04 Å². The average Bonchev–Trinajstić information content (AvgIpc) is 2.48. The first kappa shape index (κ1) is 16.4. The first-order valence-corrected chi connectivity index (χ1v) is 8.59. The lowest BCUT2D eigenvalue weighted by molar-refractivity contribution is 0.205. The van der Waals surface area contributed by atoms with Gasteiger partial charge in [-0.2, -0.15) is 0 Å². The van der Waals surface area contributed by atoms with Gasteiger partial charge in [0, 0.05) is 25.3 Å². The van der Waals surface area contributed by atoms with Crippen LogP contribution >= 0.6 is 0 Å². The summed E-state index contributed by atoms with van der Waals surface area (Å²) in [7, 11) is 4.37. The van der Waals surface area contributed by atoms with E-state index in [2.05, 4.69) is 62.4 Å². The zero-order valence-electron chi connectivity index (χ0n) is 14.2. The Labute approximate surface area is 130 Å². The van der Waals surface area contributed by atoms with Crippen molar-refractivity contribution in [3.63, 3.8) is 0 Å². The molecule has 1 fully saturated rings. The van der Waals surface area contributed by atoms with Crippen molar-refractivity contribution >= 4 is 5.69 Å². The van der Waals surface area contributed by atoms with Gasteiger partial charge < -0.3 is 10.2 Å².